The topological polar surface area (TPSA) is 75.7 Å². The normalized spacial score (nSPS) is 11.0. The number of nitro groups is 1. The highest BCUT2D eigenvalue weighted by molar-refractivity contribution is 7.98. The number of hydrogen-bond acceptors (Lipinski definition) is 5. The lowest BCUT2D eigenvalue weighted by atomic mass is 10.2. The molecule has 2 aromatic rings. The van der Waals surface area contributed by atoms with Crippen molar-refractivity contribution in [3.8, 4) is 5.75 Å². The van der Waals surface area contributed by atoms with Gasteiger partial charge in [0, 0.05) is 27.8 Å². The fourth-order valence-corrected chi connectivity index (χ4v) is 2.28. The minimum atomic E-state index is -0.689. The molecule has 0 aliphatic carbocycles. The van der Waals surface area contributed by atoms with E-state index >= 15 is 0 Å². The molecule has 0 atom stereocenters. The van der Waals surface area contributed by atoms with E-state index in [4.69, 9.17) is 11.6 Å². The molecule has 5 nitrogen and oxygen atoms in total. The van der Waals surface area contributed by atoms with Crippen molar-refractivity contribution in [3.63, 3.8) is 0 Å². The molecule has 0 heterocycles. The van der Waals surface area contributed by atoms with Crippen molar-refractivity contribution in [1.82, 2.24) is 0 Å². The average Bonchev–Trinajstić information content (AvgIpc) is 2.48. The van der Waals surface area contributed by atoms with Crippen LogP contribution in [0.4, 0.5) is 11.4 Å². The highest BCUT2D eigenvalue weighted by Gasteiger charge is 2.17. The molecule has 0 aliphatic rings. The van der Waals surface area contributed by atoms with Crippen molar-refractivity contribution in [2.45, 2.75) is 4.90 Å². The molecular formula is C14H11ClN2O3S. The van der Waals surface area contributed by atoms with Crippen LogP contribution >= 0.6 is 23.4 Å². The Morgan fingerprint density at radius 3 is 2.57 bits per heavy atom. The summed E-state index contributed by atoms with van der Waals surface area (Å²) in [6.45, 7) is 0. The fraction of sp³-hybridized carbons (Fsp3) is 0.0714. The Labute approximate surface area is 130 Å². The van der Waals surface area contributed by atoms with Gasteiger partial charge in [-0.05, 0) is 36.6 Å². The monoisotopic (exact) mass is 322 g/mol. The molecule has 2 rings (SSSR count). The SMILES string of the molecule is CSc1ccc(N=Cc2cc(Cl)cc([N+](=O)[O-])c2O)cc1. The molecule has 0 spiro atoms. The van der Waals surface area contributed by atoms with Crippen LogP contribution < -0.4 is 0 Å². The van der Waals surface area contributed by atoms with Crippen molar-refractivity contribution in [1.29, 1.82) is 0 Å². The van der Waals surface area contributed by atoms with E-state index in [1.165, 1.54) is 12.3 Å². The average molecular weight is 323 g/mol. The molecule has 108 valence electrons. The summed E-state index contributed by atoms with van der Waals surface area (Å²) in [7, 11) is 0. The largest absolute Gasteiger partial charge is 0.502 e. The van der Waals surface area contributed by atoms with Gasteiger partial charge < -0.3 is 5.11 Å². The summed E-state index contributed by atoms with van der Waals surface area (Å²) >= 11 is 7.42. The summed E-state index contributed by atoms with van der Waals surface area (Å²) in [5.41, 5.74) is 0.430. The summed E-state index contributed by atoms with van der Waals surface area (Å²) in [5, 5.41) is 20.8. The van der Waals surface area contributed by atoms with E-state index in [9.17, 15) is 15.2 Å². The highest BCUT2D eigenvalue weighted by atomic mass is 35.5. The van der Waals surface area contributed by atoms with Crippen LogP contribution in [0.3, 0.4) is 0 Å². The van der Waals surface area contributed by atoms with Gasteiger partial charge >= 0.3 is 5.69 Å². The van der Waals surface area contributed by atoms with Crippen LogP contribution in [0.1, 0.15) is 5.56 Å². The Kier molecular flexibility index (Phi) is 4.82. The first-order chi connectivity index (χ1) is 10.0. The lowest BCUT2D eigenvalue weighted by Gasteiger charge is -2.02. The smallest absolute Gasteiger partial charge is 0.312 e. The molecule has 0 aliphatic heterocycles. The van der Waals surface area contributed by atoms with Crippen molar-refractivity contribution in [3.05, 3.63) is 57.1 Å². The predicted molar refractivity (Wildman–Crippen MR) is 85.2 cm³/mol. The molecule has 0 saturated carbocycles. The van der Waals surface area contributed by atoms with Gasteiger partial charge in [-0.2, -0.15) is 0 Å². The van der Waals surface area contributed by atoms with Gasteiger partial charge in [0.2, 0.25) is 5.75 Å². The number of phenols is 1. The zero-order chi connectivity index (χ0) is 15.4. The van der Waals surface area contributed by atoms with Crippen LogP contribution in [0, 0.1) is 10.1 Å². The van der Waals surface area contributed by atoms with Gasteiger partial charge in [-0.25, -0.2) is 0 Å². The Morgan fingerprint density at radius 1 is 1.33 bits per heavy atom. The number of nitro benzene ring substituents is 1. The maximum atomic E-state index is 10.8. The lowest BCUT2D eigenvalue weighted by Crippen LogP contribution is -1.92. The number of aliphatic imine (C=N–C) groups is 1. The van der Waals surface area contributed by atoms with Gasteiger partial charge in [0.1, 0.15) is 0 Å². The Morgan fingerprint density at radius 2 is 2.00 bits per heavy atom. The standard InChI is InChI=1S/C14H11ClN2O3S/c1-21-12-4-2-11(3-5-12)16-8-9-6-10(15)7-13(14(9)18)17(19)20/h2-8,18H,1H3. The second-order valence-corrected chi connectivity index (χ2v) is 5.39. The summed E-state index contributed by atoms with van der Waals surface area (Å²) in [5.74, 6) is -0.450. The summed E-state index contributed by atoms with van der Waals surface area (Å²) in [4.78, 5) is 15.4. The van der Waals surface area contributed by atoms with Crippen LogP contribution in [-0.2, 0) is 0 Å². The third kappa shape index (κ3) is 3.74. The molecule has 7 heteroatoms. The van der Waals surface area contributed by atoms with E-state index in [1.54, 1.807) is 11.8 Å². The molecule has 0 bridgehead atoms. The first-order valence-corrected chi connectivity index (χ1v) is 7.46. The molecule has 0 aromatic heterocycles. The second-order valence-electron chi connectivity index (χ2n) is 4.08. The van der Waals surface area contributed by atoms with Gasteiger partial charge in [-0.15, -0.1) is 11.8 Å². The van der Waals surface area contributed by atoms with Gasteiger partial charge in [0.05, 0.1) is 10.6 Å². The number of rotatable bonds is 4. The van der Waals surface area contributed by atoms with E-state index in [0.29, 0.717) is 5.69 Å². The molecule has 0 saturated heterocycles. The van der Waals surface area contributed by atoms with E-state index in [-0.39, 0.29) is 10.6 Å². The van der Waals surface area contributed by atoms with Gasteiger partial charge in [0.15, 0.2) is 0 Å². The van der Waals surface area contributed by atoms with E-state index in [2.05, 4.69) is 4.99 Å². The minimum absolute atomic E-state index is 0.165. The Hall–Kier alpha value is -2.05. The van der Waals surface area contributed by atoms with Crippen LogP contribution in [0.5, 0.6) is 5.75 Å². The number of aromatic hydroxyl groups is 1. The fourth-order valence-electron chi connectivity index (χ4n) is 1.66. The second kappa shape index (κ2) is 6.60. The zero-order valence-corrected chi connectivity index (χ0v) is 12.6. The molecule has 21 heavy (non-hydrogen) atoms. The van der Waals surface area contributed by atoms with Crippen molar-refractivity contribution >= 4 is 41.0 Å². The molecular weight excluding hydrogens is 312 g/mol. The molecule has 0 radical (unpaired) electrons. The maximum Gasteiger partial charge on any atom is 0.312 e. The Bertz CT molecular complexity index is 702. The van der Waals surface area contributed by atoms with Gasteiger partial charge in [-0.3, -0.25) is 15.1 Å². The molecule has 0 amide bonds. The van der Waals surface area contributed by atoms with Crippen LogP contribution in [0.25, 0.3) is 0 Å². The van der Waals surface area contributed by atoms with E-state index < -0.39 is 16.4 Å². The minimum Gasteiger partial charge on any atom is -0.502 e. The third-order valence-electron chi connectivity index (χ3n) is 2.71. The first-order valence-electron chi connectivity index (χ1n) is 5.86. The van der Waals surface area contributed by atoms with E-state index in [1.807, 2.05) is 30.5 Å². The van der Waals surface area contributed by atoms with Crippen LogP contribution in [0.15, 0.2) is 46.3 Å². The molecule has 2 aromatic carbocycles. The Balaban J connectivity index is 2.33. The van der Waals surface area contributed by atoms with Crippen molar-refractivity contribution in [2.75, 3.05) is 6.26 Å². The van der Waals surface area contributed by atoms with Crippen molar-refractivity contribution < 1.29 is 10.0 Å². The first kappa shape index (κ1) is 15.3. The summed E-state index contributed by atoms with van der Waals surface area (Å²) in [6, 6.07) is 9.98. The predicted octanol–water partition coefficient (Wildman–Crippen LogP) is 4.43. The quantitative estimate of drug-likeness (QED) is 0.391. The summed E-state index contributed by atoms with van der Waals surface area (Å²) < 4.78 is 0. The number of benzene rings is 2. The lowest BCUT2D eigenvalue weighted by molar-refractivity contribution is -0.385. The number of thioether (sulfide) groups is 1. The molecule has 0 unspecified atom stereocenters. The number of halogens is 1. The zero-order valence-electron chi connectivity index (χ0n) is 11.0. The van der Waals surface area contributed by atoms with Crippen molar-refractivity contribution in [2.24, 2.45) is 4.99 Å². The van der Waals surface area contributed by atoms with Gasteiger partial charge in [-0.1, -0.05) is 11.6 Å². The molecule has 0 fully saturated rings. The molecule has 1 N–H and O–H groups in total. The highest BCUT2D eigenvalue weighted by Crippen LogP contribution is 2.32. The van der Waals surface area contributed by atoms with Crippen LogP contribution in [0.2, 0.25) is 5.02 Å². The van der Waals surface area contributed by atoms with Crippen LogP contribution in [-0.4, -0.2) is 22.5 Å². The van der Waals surface area contributed by atoms with E-state index in [0.717, 1.165) is 11.0 Å². The maximum absolute atomic E-state index is 10.8. The number of hydrogen-bond donors (Lipinski definition) is 1. The number of nitrogens with zero attached hydrogens (tertiary/aromatic N) is 2. The number of phenolic OH excluding ortho intramolecular Hbond substituents is 1. The third-order valence-corrected chi connectivity index (χ3v) is 3.67. The van der Waals surface area contributed by atoms with Gasteiger partial charge in [0.25, 0.3) is 0 Å². The summed E-state index contributed by atoms with van der Waals surface area (Å²) in [6.07, 6.45) is 3.32.